The number of rotatable bonds is 4. The van der Waals surface area contributed by atoms with Crippen LogP contribution in [0.25, 0.3) is 0 Å². The molecule has 1 atom stereocenters. The number of hydrogen-bond donors (Lipinski definition) is 2. The Bertz CT molecular complexity index is 542. The van der Waals surface area contributed by atoms with E-state index in [-0.39, 0.29) is 11.9 Å². The van der Waals surface area contributed by atoms with Gasteiger partial charge in [-0.1, -0.05) is 12.1 Å². The molecule has 0 amide bonds. The first-order chi connectivity index (χ1) is 8.63. The van der Waals surface area contributed by atoms with Crippen molar-refractivity contribution < 1.29 is 8.81 Å². The van der Waals surface area contributed by atoms with Crippen LogP contribution in [0.15, 0.2) is 39.4 Å². The number of hydrogen-bond acceptors (Lipinski definition) is 3. The van der Waals surface area contributed by atoms with Crippen molar-refractivity contribution in [3.63, 3.8) is 0 Å². The Morgan fingerprint density at radius 1 is 1.44 bits per heavy atom. The van der Waals surface area contributed by atoms with E-state index in [2.05, 4.69) is 21.4 Å². The zero-order chi connectivity index (χ0) is 13.1. The monoisotopic (exact) mass is 312 g/mol. The Labute approximate surface area is 113 Å². The second-order valence-corrected chi connectivity index (χ2v) is 4.90. The van der Waals surface area contributed by atoms with E-state index in [1.807, 2.05) is 19.1 Å². The van der Waals surface area contributed by atoms with E-state index in [1.54, 1.807) is 12.3 Å². The summed E-state index contributed by atoms with van der Waals surface area (Å²) in [7, 11) is 0. The van der Waals surface area contributed by atoms with Gasteiger partial charge in [0.25, 0.3) is 0 Å². The number of hydrazine groups is 1. The summed E-state index contributed by atoms with van der Waals surface area (Å²) in [6.45, 7) is 1.95. The first-order valence-electron chi connectivity index (χ1n) is 5.56. The van der Waals surface area contributed by atoms with E-state index < -0.39 is 0 Å². The molecule has 96 valence electrons. The Hall–Kier alpha value is -1.17. The summed E-state index contributed by atoms with van der Waals surface area (Å²) in [5.41, 5.74) is 4.56. The van der Waals surface area contributed by atoms with Crippen molar-refractivity contribution in [1.82, 2.24) is 5.43 Å². The highest BCUT2D eigenvalue weighted by Gasteiger charge is 2.18. The lowest BCUT2D eigenvalue weighted by molar-refractivity contribution is 0.412. The van der Waals surface area contributed by atoms with Gasteiger partial charge in [0.05, 0.1) is 16.8 Å². The summed E-state index contributed by atoms with van der Waals surface area (Å²) >= 11 is 3.25. The van der Waals surface area contributed by atoms with Gasteiger partial charge in [-0.25, -0.2) is 9.82 Å². The molecule has 0 aliphatic heterocycles. The summed E-state index contributed by atoms with van der Waals surface area (Å²) < 4.78 is 19.3. The van der Waals surface area contributed by atoms with Gasteiger partial charge in [-0.05, 0) is 52.5 Å². The molecule has 0 radical (unpaired) electrons. The van der Waals surface area contributed by atoms with E-state index in [9.17, 15) is 4.39 Å². The van der Waals surface area contributed by atoms with Crippen molar-refractivity contribution >= 4 is 15.9 Å². The maximum absolute atomic E-state index is 13.4. The number of nitrogens with one attached hydrogen (secondary N) is 1. The van der Waals surface area contributed by atoms with Gasteiger partial charge in [-0.2, -0.15) is 0 Å². The minimum atomic E-state index is -0.278. The molecule has 0 aliphatic rings. The molecule has 0 fully saturated rings. The third-order valence-electron chi connectivity index (χ3n) is 2.87. The largest absolute Gasteiger partial charge is 0.467 e. The molecule has 0 saturated carbocycles. The van der Waals surface area contributed by atoms with Gasteiger partial charge in [0.15, 0.2) is 0 Å². The molecule has 1 aromatic carbocycles. The third kappa shape index (κ3) is 2.63. The molecule has 1 heterocycles. The van der Waals surface area contributed by atoms with Crippen molar-refractivity contribution in [3.05, 3.63) is 57.7 Å². The number of nitrogens with two attached hydrogens (primary N) is 1. The minimum absolute atomic E-state index is 0.182. The van der Waals surface area contributed by atoms with E-state index >= 15 is 0 Å². The van der Waals surface area contributed by atoms with Crippen molar-refractivity contribution in [1.29, 1.82) is 0 Å². The van der Waals surface area contributed by atoms with Crippen LogP contribution in [0.2, 0.25) is 0 Å². The highest BCUT2D eigenvalue weighted by Crippen LogP contribution is 2.27. The van der Waals surface area contributed by atoms with Crippen molar-refractivity contribution in [2.45, 2.75) is 19.4 Å². The van der Waals surface area contributed by atoms with Crippen LogP contribution >= 0.6 is 15.9 Å². The fourth-order valence-electron chi connectivity index (χ4n) is 1.89. The van der Waals surface area contributed by atoms with Crippen LogP contribution in [0.4, 0.5) is 4.39 Å². The standard InChI is InChI=1S/C13H14BrFN2O/c1-8-5-6-18-13(8)11(17-16)7-9-3-2-4-10(15)12(9)14/h2-6,11,17H,7,16H2,1H3. The summed E-state index contributed by atoms with van der Waals surface area (Å²) in [5.74, 6) is 6.04. The highest BCUT2D eigenvalue weighted by atomic mass is 79.9. The molecule has 0 aliphatic carbocycles. The van der Waals surface area contributed by atoms with Gasteiger partial charge in [0.1, 0.15) is 11.6 Å². The lowest BCUT2D eigenvalue weighted by Gasteiger charge is -2.15. The Morgan fingerprint density at radius 2 is 2.22 bits per heavy atom. The fraction of sp³-hybridized carbons (Fsp3) is 0.231. The Kier molecular flexibility index (Phi) is 4.16. The van der Waals surface area contributed by atoms with E-state index in [4.69, 9.17) is 10.3 Å². The smallest absolute Gasteiger partial charge is 0.137 e. The van der Waals surface area contributed by atoms with Crippen LogP contribution in [-0.2, 0) is 6.42 Å². The number of halogens is 2. The van der Waals surface area contributed by atoms with Gasteiger partial charge in [0.2, 0.25) is 0 Å². The maximum atomic E-state index is 13.4. The lowest BCUT2D eigenvalue weighted by atomic mass is 10.0. The number of benzene rings is 1. The van der Waals surface area contributed by atoms with E-state index in [0.717, 1.165) is 16.9 Å². The van der Waals surface area contributed by atoms with Gasteiger partial charge in [-0.15, -0.1) is 0 Å². The molecule has 3 nitrogen and oxygen atoms in total. The SMILES string of the molecule is Cc1ccoc1C(Cc1cccc(F)c1Br)NN. The van der Waals surface area contributed by atoms with Crippen LogP contribution in [0, 0.1) is 12.7 Å². The second-order valence-electron chi connectivity index (χ2n) is 4.10. The second kappa shape index (κ2) is 5.65. The minimum Gasteiger partial charge on any atom is -0.467 e. The van der Waals surface area contributed by atoms with Gasteiger partial charge >= 0.3 is 0 Å². The fourth-order valence-corrected chi connectivity index (χ4v) is 2.32. The zero-order valence-electron chi connectivity index (χ0n) is 9.91. The molecule has 2 rings (SSSR count). The predicted molar refractivity (Wildman–Crippen MR) is 71.3 cm³/mol. The molecule has 5 heteroatoms. The molecule has 0 saturated heterocycles. The van der Waals surface area contributed by atoms with Gasteiger partial charge in [0, 0.05) is 0 Å². The average Bonchev–Trinajstić information content (AvgIpc) is 2.77. The molecule has 18 heavy (non-hydrogen) atoms. The molecule has 0 bridgehead atoms. The van der Waals surface area contributed by atoms with E-state index in [1.165, 1.54) is 6.07 Å². The molecular weight excluding hydrogens is 299 g/mol. The summed E-state index contributed by atoms with van der Waals surface area (Å²) in [6.07, 6.45) is 2.17. The summed E-state index contributed by atoms with van der Waals surface area (Å²) in [5, 5.41) is 0. The zero-order valence-corrected chi connectivity index (χ0v) is 11.5. The molecule has 0 spiro atoms. The lowest BCUT2D eigenvalue weighted by Crippen LogP contribution is -2.29. The van der Waals surface area contributed by atoms with Gasteiger partial charge in [-0.3, -0.25) is 5.84 Å². The Balaban J connectivity index is 2.26. The van der Waals surface area contributed by atoms with Crippen LogP contribution in [0.1, 0.15) is 22.9 Å². The highest BCUT2D eigenvalue weighted by molar-refractivity contribution is 9.10. The summed E-state index contributed by atoms with van der Waals surface area (Å²) in [6, 6.07) is 6.64. The van der Waals surface area contributed by atoms with Gasteiger partial charge < -0.3 is 4.42 Å². The first kappa shape index (κ1) is 13.3. The molecular formula is C13H14BrFN2O. The maximum Gasteiger partial charge on any atom is 0.137 e. The third-order valence-corrected chi connectivity index (χ3v) is 3.76. The molecule has 1 aromatic heterocycles. The average molecular weight is 313 g/mol. The van der Waals surface area contributed by atoms with E-state index in [0.29, 0.717) is 10.9 Å². The van der Waals surface area contributed by atoms with Crippen LogP contribution in [-0.4, -0.2) is 0 Å². The van der Waals surface area contributed by atoms with Crippen LogP contribution in [0.5, 0.6) is 0 Å². The Morgan fingerprint density at radius 3 is 2.83 bits per heavy atom. The quantitative estimate of drug-likeness (QED) is 0.673. The number of aryl methyl sites for hydroxylation is 1. The van der Waals surface area contributed by atoms with Crippen molar-refractivity contribution in [2.75, 3.05) is 0 Å². The summed E-state index contributed by atoms with van der Waals surface area (Å²) in [4.78, 5) is 0. The van der Waals surface area contributed by atoms with Crippen molar-refractivity contribution in [2.24, 2.45) is 5.84 Å². The first-order valence-corrected chi connectivity index (χ1v) is 6.35. The normalized spacial score (nSPS) is 12.7. The van der Waals surface area contributed by atoms with Crippen LogP contribution in [0.3, 0.4) is 0 Å². The molecule has 1 unspecified atom stereocenters. The van der Waals surface area contributed by atoms with Crippen LogP contribution < -0.4 is 11.3 Å². The topological polar surface area (TPSA) is 51.2 Å². The predicted octanol–water partition coefficient (Wildman–Crippen LogP) is 3.24. The molecule has 3 N–H and O–H groups in total. The van der Waals surface area contributed by atoms with Crippen molar-refractivity contribution in [3.8, 4) is 0 Å². The molecule has 2 aromatic rings. The number of furan rings is 1.